The molecule has 0 bridgehead atoms. The number of hydrogen-bond acceptors (Lipinski definition) is 3. The Hall–Kier alpha value is -1.06. The Morgan fingerprint density at radius 2 is 2.25 bits per heavy atom. The number of benzene rings is 1. The Morgan fingerprint density at radius 3 is 3.06 bits per heavy atom. The molecule has 0 amide bonds. The van der Waals surface area contributed by atoms with Crippen LogP contribution in [-0.2, 0) is 11.2 Å². The van der Waals surface area contributed by atoms with Crippen LogP contribution in [0, 0.1) is 5.92 Å². The van der Waals surface area contributed by atoms with E-state index >= 15 is 0 Å². The van der Waals surface area contributed by atoms with Crippen LogP contribution in [0.4, 0.5) is 0 Å². The van der Waals surface area contributed by atoms with E-state index in [2.05, 4.69) is 12.1 Å². The highest BCUT2D eigenvalue weighted by Gasteiger charge is 2.25. The predicted octanol–water partition coefficient (Wildman–Crippen LogP) is 1.66. The normalized spacial score (nSPS) is 25.2. The van der Waals surface area contributed by atoms with Crippen molar-refractivity contribution in [3.8, 4) is 5.75 Å². The van der Waals surface area contributed by atoms with Gasteiger partial charge in [-0.05, 0) is 23.6 Å². The van der Waals surface area contributed by atoms with Gasteiger partial charge in [0.1, 0.15) is 5.75 Å². The molecule has 1 aromatic rings. The zero-order chi connectivity index (χ0) is 11.0. The molecule has 0 saturated carbocycles. The van der Waals surface area contributed by atoms with Gasteiger partial charge in [-0.1, -0.05) is 12.1 Å². The van der Waals surface area contributed by atoms with Gasteiger partial charge >= 0.3 is 0 Å². The number of nitrogens with two attached hydrogens (primary N) is 1. The van der Waals surface area contributed by atoms with Crippen LogP contribution in [0.15, 0.2) is 18.2 Å². The van der Waals surface area contributed by atoms with Crippen molar-refractivity contribution in [1.82, 2.24) is 0 Å². The summed E-state index contributed by atoms with van der Waals surface area (Å²) in [5.41, 5.74) is 8.79. The van der Waals surface area contributed by atoms with Gasteiger partial charge in [-0.15, -0.1) is 0 Å². The van der Waals surface area contributed by atoms with E-state index in [0.717, 1.165) is 38.4 Å². The summed E-state index contributed by atoms with van der Waals surface area (Å²) in [6, 6.07) is 6.44. The Morgan fingerprint density at radius 1 is 1.31 bits per heavy atom. The third-order valence-corrected chi connectivity index (χ3v) is 3.57. The molecule has 0 aliphatic carbocycles. The molecule has 2 unspecified atom stereocenters. The second kappa shape index (κ2) is 4.07. The van der Waals surface area contributed by atoms with Crippen molar-refractivity contribution in [3.05, 3.63) is 29.3 Å². The maximum atomic E-state index is 6.27. The molecule has 2 atom stereocenters. The van der Waals surface area contributed by atoms with Crippen LogP contribution >= 0.6 is 0 Å². The Bertz CT molecular complexity index is 386. The van der Waals surface area contributed by atoms with Gasteiger partial charge in [-0.3, -0.25) is 0 Å². The van der Waals surface area contributed by atoms with Crippen molar-refractivity contribution in [1.29, 1.82) is 0 Å². The third-order valence-electron chi connectivity index (χ3n) is 3.57. The topological polar surface area (TPSA) is 44.5 Å². The lowest BCUT2D eigenvalue weighted by Crippen LogP contribution is -2.21. The fourth-order valence-electron chi connectivity index (χ4n) is 2.52. The molecule has 0 aromatic heterocycles. The number of rotatable bonds is 2. The molecule has 1 saturated heterocycles. The van der Waals surface area contributed by atoms with Gasteiger partial charge in [0.05, 0.1) is 13.2 Å². The fourth-order valence-corrected chi connectivity index (χ4v) is 2.52. The molecule has 0 spiro atoms. The second-order valence-corrected chi connectivity index (χ2v) is 4.62. The van der Waals surface area contributed by atoms with Crippen molar-refractivity contribution in [2.24, 2.45) is 11.7 Å². The molecule has 86 valence electrons. The van der Waals surface area contributed by atoms with Crippen LogP contribution in [0.3, 0.4) is 0 Å². The van der Waals surface area contributed by atoms with E-state index in [9.17, 15) is 0 Å². The standard InChI is InChI=1S/C13H17NO2/c14-13(11-3-5-15-8-11)10-1-2-12-9(7-10)4-6-16-12/h1-2,7,11,13H,3-6,8,14H2. The van der Waals surface area contributed by atoms with Gasteiger partial charge in [0.25, 0.3) is 0 Å². The summed E-state index contributed by atoms with van der Waals surface area (Å²) in [7, 11) is 0. The van der Waals surface area contributed by atoms with Gasteiger partial charge in [-0.25, -0.2) is 0 Å². The Balaban J connectivity index is 1.83. The molecule has 16 heavy (non-hydrogen) atoms. The van der Waals surface area contributed by atoms with Crippen molar-refractivity contribution in [2.75, 3.05) is 19.8 Å². The van der Waals surface area contributed by atoms with Crippen LogP contribution in [0.5, 0.6) is 5.75 Å². The Labute approximate surface area is 95.5 Å². The molecule has 2 heterocycles. The van der Waals surface area contributed by atoms with Gasteiger partial charge in [0, 0.05) is 25.0 Å². The van der Waals surface area contributed by atoms with Crippen molar-refractivity contribution >= 4 is 0 Å². The van der Waals surface area contributed by atoms with Gasteiger partial charge < -0.3 is 15.2 Å². The van der Waals surface area contributed by atoms with Crippen molar-refractivity contribution < 1.29 is 9.47 Å². The average Bonchev–Trinajstić information content (AvgIpc) is 2.98. The van der Waals surface area contributed by atoms with E-state index in [1.54, 1.807) is 0 Å². The maximum absolute atomic E-state index is 6.27. The quantitative estimate of drug-likeness (QED) is 0.822. The Kier molecular flexibility index (Phi) is 2.58. The molecule has 2 aliphatic heterocycles. The minimum absolute atomic E-state index is 0.105. The zero-order valence-corrected chi connectivity index (χ0v) is 9.32. The monoisotopic (exact) mass is 219 g/mol. The minimum Gasteiger partial charge on any atom is -0.493 e. The first kappa shape index (κ1) is 10.1. The summed E-state index contributed by atoms with van der Waals surface area (Å²) in [4.78, 5) is 0. The van der Waals surface area contributed by atoms with Crippen LogP contribution < -0.4 is 10.5 Å². The van der Waals surface area contributed by atoms with Crippen LogP contribution in [0.1, 0.15) is 23.6 Å². The highest BCUT2D eigenvalue weighted by molar-refractivity contribution is 5.40. The highest BCUT2D eigenvalue weighted by Crippen LogP contribution is 2.31. The molecule has 3 nitrogen and oxygen atoms in total. The lowest BCUT2D eigenvalue weighted by Gasteiger charge is -2.18. The summed E-state index contributed by atoms with van der Waals surface area (Å²) in [5, 5.41) is 0. The third kappa shape index (κ3) is 1.70. The number of hydrogen-bond donors (Lipinski definition) is 1. The smallest absolute Gasteiger partial charge is 0.122 e. The molecular weight excluding hydrogens is 202 g/mol. The summed E-state index contributed by atoms with van der Waals surface area (Å²) in [6.45, 7) is 2.46. The number of fused-ring (bicyclic) bond motifs is 1. The van der Waals surface area contributed by atoms with E-state index in [1.165, 1.54) is 11.1 Å². The van der Waals surface area contributed by atoms with Crippen LogP contribution in [0.2, 0.25) is 0 Å². The van der Waals surface area contributed by atoms with Crippen molar-refractivity contribution in [3.63, 3.8) is 0 Å². The van der Waals surface area contributed by atoms with E-state index in [0.29, 0.717) is 5.92 Å². The largest absolute Gasteiger partial charge is 0.493 e. The SMILES string of the molecule is NC(c1ccc2c(c1)CCO2)C1CCOC1. The van der Waals surface area contributed by atoms with E-state index in [-0.39, 0.29) is 6.04 Å². The molecule has 2 N–H and O–H groups in total. The van der Waals surface area contributed by atoms with E-state index in [1.807, 2.05) is 6.07 Å². The zero-order valence-electron chi connectivity index (χ0n) is 9.32. The molecule has 1 aromatic carbocycles. The lowest BCUT2D eigenvalue weighted by molar-refractivity contribution is 0.181. The fraction of sp³-hybridized carbons (Fsp3) is 0.538. The summed E-state index contributed by atoms with van der Waals surface area (Å²) >= 11 is 0. The second-order valence-electron chi connectivity index (χ2n) is 4.62. The predicted molar refractivity (Wildman–Crippen MR) is 61.5 cm³/mol. The summed E-state index contributed by atoms with van der Waals surface area (Å²) in [6.07, 6.45) is 2.09. The average molecular weight is 219 g/mol. The molecule has 1 fully saturated rings. The molecular formula is C13H17NO2. The van der Waals surface area contributed by atoms with Gasteiger partial charge in [-0.2, -0.15) is 0 Å². The van der Waals surface area contributed by atoms with Crippen LogP contribution in [0.25, 0.3) is 0 Å². The molecule has 0 radical (unpaired) electrons. The van der Waals surface area contributed by atoms with E-state index < -0.39 is 0 Å². The van der Waals surface area contributed by atoms with Crippen molar-refractivity contribution in [2.45, 2.75) is 18.9 Å². The first-order chi connectivity index (χ1) is 7.84. The molecule has 3 rings (SSSR count). The van der Waals surface area contributed by atoms with Gasteiger partial charge in [0.2, 0.25) is 0 Å². The molecule has 2 aliphatic rings. The first-order valence-corrected chi connectivity index (χ1v) is 5.93. The van der Waals surface area contributed by atoms with Crippen LogP contribution in [-0.4, -0.2) is 19.8 Å². The first-order valence-electron chi connectivity index (χ1n) is 5.93. The summed E-state index contributed by atoms with van der Waals surface area (Å²) < 4.78 is 10.9. The molecule has 3 heteroatoms. The minimum atomic E-state index is 0.105. The summed E-state index contributed by atoms with van der Waals surface area (Å²) in [5.74, 6) is 1.50. The number of ether oxygens (including phenoxy) is 2. The maximum Gasteiger partial charge on any atom is 0.122 e. The van der Waals surface area contributed by atoms with E-state index in [4.69, 9.17) is 15.2 Å². The highest BCUT2D eigenvalue weighted by atomic mass is 16.5. The van der Waals surface area contributed by atoms with Gasteiger partial charge in [0.15, 0.2) is 0 Å². The lowest BCUT2D eigenvalue weighted by atomic mass is 9.92.